The maximum absolute atomic E-state index is 8.86. The number of nitrogens with one attached hydrogen (secondary N) is 1. The van der Waals surface area contributed by atoms with Gasteiger partial charge in [0, 0.05) is 25.7 Å². The molecule has 2 rings (SSSR count). The molecule has 0 radical (unpaired) electrons. The van der Waals surface area contributed by atoms with E-state index in [1.54, 1.807) is 0 Å². The first-order chi connectivity index (χ1) is 8.81. The molecule has 1 heterocycles. The van der Waals surface area contributed by atoms with E-state index < -0.39 is 0 Å². The third-order valence-electron chi connectivity index (χ3n) is 4.28. The molecule has 0 amide bonds. The van der Waals surface area contributed by atoms with Gasteiger partial charge in [0.1, 0.15) is 0 Å². The van der Waals surface area contributed by atoms with Crippen LogP contribution in [0.25, 0.3) is 0 Å². The van der Waals surface area contributed by atoms with Crippen LogP contribution in [0, 0.1) is 11.8 Å². The average Bonchev–Trinajstić information content (AvgIpc) is 3.13. The molecule has 0 aromatic carbocycles. The van der Waals surface area contributed by atoms with Gasteiger partial charge >= 0.3 is 0 Å². The van der Waals surface area contributed by atoms with Crippen LogP contribution in [-0.4, -0.2) is 48.8 Å². The molecule has 2 atom stereocenters. The predicted octanol–water partition coefficient (Wildman–Crippen LogP) is 1.86. The molecule has 1 saturated heterocycles. The smallest absolute Gasteiger partial charge is 0.0443 e. The SMILES string of the molecule is CCCN1CC(CC2CC2)CC(NCCCO)C1. The van der Waals surface area contributed by atoms with E-state index >= 15 is 0 Å². The van der Waals surface area contributed by atoms with E-state index in [4.69, 9.17) is 5.11 Å². The molecule has 0 spiro atoms. The molecule has 2 N–H and O–H groups in total. The Morgan fingerprint density at radius 2 is 2.06 bits per heavy atom. The molecular weight excluding hydrogens is 224 g/mol. The van der Waals surface area contributed by atoms with Gasteiger partial charge in [-0.25, -0.2) is 0 Å². The highest BCUT2D eigenvalue weighted by Gasteiger charge is 2.31. The summed E-state index contributed by atoms with van der Waals surface area (Å²) in [6, 6.07) is 0.653. The number of aliphatic hydroxyl groups excluding tert-OH is 1. The highest BCUT2D eigenvalue weighted by Crippen LogP contribution is 2.37. The number of hydrogen-bond donors (Lipinski definition) is 2. The first-order valence-corrected chi connectivity index (χ1v) is 7.88. The minimum Gasteiger partial charge on any atom is -0.396 e. The Labute approximate surface area is 112 Å². The molecule has 1 aliphatic carbocycles. The van der Waals surface area contributed by atoms with Gasteiger partial charge in [-0.3, -0.25) is 0 Å². The minimum atomic E-state index is 0.309. The van der Waals surface area contributed by atoms with Gasteiger partial charge in [0.15, 0.2) is 0 Å². The quantitative estimate of drug-likeness (QED) is 0.649. The average molecular weight is 254 g/mol. The zero-order chi connectivity index (χ0) is 12.8. The highest BCUT2D eigenvalue weighted by molar-refractivity contribution is 4.87. The molecule has 1 saturated carbocycles. The van der Waals surface area contributed by atoms with E-state index in [1.807, 2.05) is 0 Å². The standard InChI is InChI=1S/C15H30N2O/c1-2-7-17-11-14(9-13-4-5-13)10-15(12-17)16-6-3-8-18/h13-16,18H,2-12H2,1H3. The molecule has 2 aliphatic rings. The largest absolute Gasteiger partial charge is 0.396 e. The maximum atomic E-state index is 8.86. The maximum Gasteiger partial charge on any atom is 0.0443 e. The number of nitrogens with zero attached hydrogens (tertiary/aromatic N) is 1. The number of hydrogen-bond acceptors (Lipinski definition) is 3. The summed E-state index contributed by atoms with van der Waals surface area (Å²) in [5, 5.41) is 12.5. The van der Waals surface area contributed by atoms with Gasteiger partial charge in [-0.05, 0) is 50.6 Å². The van der Waals surface area contributed by atoms with Crippen LogP contribution in [0.2, 0.25) is 0 Å². The third kappa shape index (κ3) is 4.87. The second kappa shape index (κ2) is 7.46. The Kier molecular flexibility index (Phi) is 5.93. The van der Waals surface area contributed by atoms with Crippen LogP contribution in [0.5, 0.6) is 0 Å². The topological polar surface area (TPSA) is 35.5 Å². The Bertz CT molecular complexity index is 231. The van der Waals surface area contributed by atoms with Crippen molar-refractivity contribution in [2.24, 2.45) is 11.8 Å². The van der Waals surface area contributed by atoms with Crippen molar-refractivity contribution in [2.45, 2.75) is 51.5 Å². The second-order valence-corrected chi connectivity index (χ2v) is 6.27. The predicted molar refractivity (Wildman–Crippen MR) is 75.7 cm³/mol. The summed E-state index contributed by atoms with van der Waals surface area (Å²) in [5.41, 5.74) is 0. The summed E-state index contributed by atoms with van der Waals surface area (Å²) in [6.45, 7) is 7.34. The van der Waals surface area contributed by atoms with Crippen molar-refractivity contribution in [3.05, 3.63) is 0 Å². The zero-order valence-electron chi connectivity index (χ0n) is 11.9. The molecule has 1 aliphatic heterocycles. The van der Waals surface area contributed by atoms with Crippen molar-refractivity contribution < 1.29 is 5.11 Å². The normalized spacial score (nSPS) is 29.7. The third-order valence-corrected chi connectivity index (χ3v) is 4.28. The van der Waals surface area contributed by atoms with E-state index in [2.05, 4.69) is 17.1 Å². The fourth-order valence-electron chi connectivity index (χ4n) is 3.33. The molecular formula is C15H30N2O. The monoisotopic (exact) mass is 254 g/mol. The van der Waals surface area contributed by atoms with Crippen LogP contribution in [0.4, 0.5) is 0 Å². The van der Waals surface area contributed by atoms with Crippen LogP contribution in [0.3, 0.4) is 0 Å². The van der Waals surface area contributed by atoms with Crippen LogP contribution < -0.4 is 5.32 Å². The number of aliphatic hydroxyl groups is 1. The van der Waals surface area contributed by atoms with Gasteiger partial charge in [0.05, 0.1) is 0 Å². The molecule has 18 heavy (non-hydrogen) atoms. The number of piperidine rings is 1. The van der Waals surface area contributed by atoms with Crippen molar-refractivity contribution in [3.63, 3.8) is 0 Å². The lowest BCUT2D eigenvalue weighted by Gasteiger charge is -2.38. The first-order valence-electron chi connectivity index (χ1n) is 7.88. The van der Waals surface area contributed by atoms with Gasteiger partial charge in [-0.15, -0.1) is 0 Å². The molecule has 3 heteroatoms. The van der Waals surface area contributed by atoms with Gasteiger partial charge < -0.3 is 15.3 Å². The van der Waals surface area contributed by atoms with Gasteiger partial charge in [0.25, 0.3) is 0 Å². The molecule has 0 aromatic rings. The van der Waals surface area contributed by atoms with Gasteiger partial charge in [0.2, 0.25) is 0 Å². The van der Waals surface area contributed by atoms with Crippen LogP contribution >= 0.6 is 0 Å². The van der Waals surface area contributed by atoms with Crippen molar-refractivity contribution in [1.29, 1.82) is 0 Å². The summed E-state index contributed by atoms with van der Waals surface area (Å²) in [5.74, 6) is 1.96. The summed E-state index contributed by atoms with van der Waals surface area (Å²) in [4.78, 5) is 2.65. The van der Waals surface area contributed by atoms with Crippen molar-refractivity contribution in [2.75, 3.05) is 32.8 Å². The molecule has 0 bridgehead atoms. The zero-order valence-corrected chi connectivity index (χ0v) is 11.9. The Morgan fingerprint density at radius 3 is 2.72 bits per heavy atom. The molecule has 2 unspecified atom stereocenters. The van der Waals surface area contributed by atoms with Crippen LogP contribution in [0.1, 0.15) is 45.4 Å². The van der Waals surface area contributed by atoms with Gasteiger partial charge in [-0.1, -0.05) is 19.8 Å². The van der Waals surface area contributed by atoms with Crippen molar-refractivity contribution in [3.8, 4) is 0 Å². The molecule has 2 fully saturated rings. The molecule has 106 valence electrons. The van der Waals surface area contributed by atoms with Crippen molar-refractivity contribution in [1.82, 2.24) is 10.2 Å². The highest BCUT2D eigenvalue weighted by atomic mass is 16.3. The van der Waals surface area contributed by atoms with E-state index in [-0.39, 0.29) is 0 Å². The fraction of sp³-hybridized carbons (Fsp3) is 1.00. The second-order valence-electron chi connectivity index (χ2n) is 6.27. The number of rotatable bonds is 8. The summed E-state index contributed by atoms with van der Waals surface area (Å²) in [7, 11) is 0. The van der Waals surface area contributed by atoms with E-state index in [0.29, 0.717) is 12.6 Å². The molecule has 3 nitrogen and oxygen atoms in total. The Balaban J connectivity index is 1.76. The Morgan fingerprint density at radius 1 is 1.22 bits per heavy atom. The Hall–Kier alpha value is -0.120. The van der Waals surface area contributed by atoms with Crippen LogP contribution in [-0.2, 0) is 0 Å². The summed E-state index contributed by atoms with van der Waals surface area (Å²) in [6.07, 6.45) is 7.91. The van der Waals surface area contributed by atoms with Gasteiger partial charge in [-0.2, -0.15) is 0 Å². The van der Waals surface area contributed by atoms with Crippen LogP contribution in [0.15, 0.2) is 0 Å². The molecule has 0 aromatic heterocycles. The van der Waals surface area contributed by atoms with Crippen molar-refractivity contribution >= 4 is 0 Å². The minimum absolute atomic E-state index is 0.309. The first kappa shape index (κ1) is 14.3. The summed E-state index contributed by atoms with van der Waals surface area (Å²) < 4.78 is 0. The number of likely N-dealkylation sites (tertiary alicyclic amines) is 1. The lowest BCUT2D eigenvalue weighted by molar-refractivity contribution is 0.131. The van der Waals surface area contributed by atoms with E-state index in [9.17, 15) is 0 Å². The fourth-order valence-corrected chi connectivity index (χ4v) is 3.33. The lowest BCUT2D eigenvalue weighted by atomic mass is 9.89. The van der Waals surface area contributed by atoms with E-state index in [1.165, 1.54) is 51.7 Å². The summed E-state index contributed by atoms with van der Waals surface area (Å²) >= 11 is 0. The lowest BCUT2D eigenvalue weighted by Crippen LogP contribution is -2.49. The van der Waals surface area contributed by atoms with E-state index in [0.717, 1.165) is 24.8 Å².